The summed E-state index contributed by atoms with van der Waals surface area (Å²) in [5.41, 5.74) is 0.463. The zero-order valence-electron chi connectivity index (χ0n) is 16.9. The first-order valence-electron chi connectivity index (χ1n) is 9.41. The summed E-state index contributed by atoms with van der Waals surface area (Å²) in [5.74, 6) is 0.931. The Kier molecular flexibility index (Phi) is 5.40. The van der Waals surface area contributed by atoms with Crippen LogP contribution in [0, 0.1) is 12.8 Å². The molecule has 28 heavy (non-hydrogen) atoms. The van der Waals surface area contributed by atoms with Gasteiger partial charge in [0.05, 0.1) is 0 Å². The van der Waals surface area contributed by atoms with Crippen LogP contribution in [0.5, 0.6) is 0 Å². The largest absolute Gasteiger partial charge is 0.445 e. The number of aryl methyl sites for hydroxylation is 2. The average molecular weight is 386 g/mol. The van der Waals surface area contributed by atoms with Gasteiger partial charge in [-0.2, -0.15) is 0 Å². The lowest BCUT2D eigenvalue weighted by Crippen LogP contribution is -2.57. The molecular weight excluding hydrogens is 360 g/mol. The van der Waals surface area contributed by atoms with Gasteiger partial charge in [-0.15, -0.1) is 0 Å². The molecule has 0 saturated carbocycles. The van der Waals surface area contributed by atoms with Crippen LogP contribution < -0.4 is 10.9 Å². The highest BCUT2D eigenvalue weighted by atomic mass is 16.4. The Morgan fingerprint density at radius 1 is 1.29 bits per heavy atom. The van der Waals surface area contributed by atoms with Crippen molar-refractivity contribution in [1.29, 1.82) is 0 Å². The maximum absolute atomic E-state index is 12.6. The molecule has 1 unspecified atom stereocenters. The van der Waals surface area contributed by atoms with Gasteiger partial charge >= 0.3 is 0 Å². The Hall–Kier alpha value is -2.90. The third-order valence-corrected chi connectivity index (χ3v) is 5.14. The lowest BCUT2D eigenvalue weighted by atomic mass is 9.92. The molecule has 1 aliphatic heterocycles. The van der Waals surface area contributed by atoms with Crippen molar-refractivity contribution in [2.75, 3.05) is 13.1 Å². The SMILES string of the molecule is Cc1oc(C(C)C)nc1C(=O)N1CC(C(C)NC(=O)c2ccn(C)c(=O)c2)C1. The number of amides is 2. The molecule has 1 N–H and O–H groups in total. The lowest BCUT2D eigenvalue weighted by Gasteiger charge is -2.42. The number of aromatic nitrogens is 2. The second kappa shape index (κ2) is 7.61. The van der Waals surface area contributed by atoms with E-state index < -0.39 is 0 Å². The van der Waals surface area contributed by atoms with E-state index in [1.165, 1.54) is 10.6 Å². The number of oxazole rings is 1. The van der Waals surface area contributed by atoms with Crippen LogP contribution in [0.15, 0.2) is 27.5 Å². The number of rotatable bonds is 5. The summed E-state index contributed by atoms with van der Waals surface area (Å²) >= 11 is 0. The summed E-state index contributed by atoms with van der Waals surface area (Å²) in [6.45, 7) is 8.67. The molecular formula is C20H26N4O4. The molecule has 0 bridgehead atoms. The van der Waals surface area contributed by atoms with Crippen molar-refractivity contribution in [3.05, 3.63) is 51.6 Å². The molecule has 150 valence electrons. The average Bonchev–Trinajstić information content (AvgIpc) is 2.98. The van der Waals surface area contributed by atoms with Crippen molar-refractivity contribution in [3.8, 4) is 0 Å². The summed E-state index contributed by atoms with van der Waals surface area (Å²) in [6, 6.07) is 2.81. The van der Waals surface area contributed by atoms with Crippen LogP contribution in [0.1, 0.15) is 59.2 Å². The highest BCUT2D eigenvalue weighted by Crippen LogP contribution is 2.24. The summed E-state index contributed by atoms with van der Waals surface area (Å²) < 4.78 is 6.98. The van der Waals surface area contributed by atoms with Gasteiger partial charge in [-0.3, -0.25) is 14.4 Å². The Balaban J connectivity index is 1.57. The highest BCUT2D eigenvalue weighted by Gasteiger charge is 2.37. The maximum atomic E-state index is 12.6. The molecule has 3 heterocycles. The predicted molar refractivity (Wildman–Crippen MR) is 103 cm³/mol. The molecule has 8 heteroatoms. The number of carbonyl (C=O) groups is 2. The summed E-state index contributed by atoms with van der Waals surface area (Å²) in [6.07, 6.45) is 1.57. The minimum Gasteiger partial charge on any atom is -0.445 e. The van der Waals surface area contributed by atoms with Crippen LogP contribution in [0.25, 0.3) is 0 Å². The van der Waals surface area contributed by atoms with Crippen LogP contribution in [0.2, 0.25) is 0 Å². The number of carbonyl (C=O) groups excluding carboxylic acids is 2. The number of pyridine rings is 1. The van der Waals surface area contributed by atoms with Crippen LogP contribution >= 0.6 is 0 Å². The first kappa shape index (κ1) is 19.9. The van der Waals surface area contributed by atoms with Crippen molar-refractivity contribution in [1.82, 2.24) is 19.8 Å². The van der Waals surface area contributed by atoms with Gasteiger partial charge in [0.15, 0.2) is 11.6 Å². The van der Waals surface area contributed by atoms with Gasteiger partial charge in [-0.05, 0) is 19.9 Å². The molecule has 1 atom stereocenters. The molecule has 2 amide bonds. The van der Waals surface area contributed by atoms with E-state index in [2.05, 4.69) is 10.3 Å². The second-order valence-electron chi connectivity index (χ2n) is 7.71. The summed E-state index contributed by atoms with van der Waals surface area (Å²) in [4.78, 5) is 42.7. The number of nitrogens with one attached hydrogen (secondary N) is 1. The molecule has 0 aliphatic carbocycles. The first-order chi connectivity index (χ1) is 13.2. The number of hydrogen-bond acceptors (Lipinski definition) is 5. The topological polar surface area (TPSA) is 97.4 Å². The van der Waals surface area contributed by atoms with Crippen LogP contribution in [-0.2, 0) is 7.05 Å². The fraction of sp³-hybridized carbons (Fsp3) is 0.500. The zero-order chi connectivity index (χ0) is 20.6. The van der Waals surface area contributed by atoms with E-state index in [0.717, 1.165) is 0 Å². The maximum Gasteiger partial charge on any atom is 0.276 e. The second-order valence-corrected chi connectivity index (χ2v) is 7.71. The van der Waals surface area contributed by atoms with Crippen LogP contribution in [0.4, 0.5) is 0 Å². The smallest absolute Gasteiger partial charge is 0.276 e. The van der Waals surface area contributed by atoms with Gasteiger partial charge < -0.3 is 19.2 Å². The molecule has 8 nitrogen and oxygen atoms in total. The van der Waals surface area contributed by atoms with E-state index in [-0.39, 0.29) is 35.3 Å². The van der Waals surface area contributed by atoms with Crippen molar-refractivity contribution < 1.29 is 14.0 Å². The van der Waals surface area contributed by atoms with E-state index in [1.54, 1.807) is 31.1 Å². The van der Waals surface area contributed by atoms with Gasteiger partial charge in [0.25, 0.3) is 17.4 Å². The fourth-order valence-corrected chi connectivity index (χ4v) is 3.10. The quantitative estimate of drug-likeness (QED) is 0.843. The molecule has 2 aromatic rings. The Morgan fingerprint density at radius 2 is 1.96 bits per heavy atom. The molecule has 1 saturated heterocycles. The normalized spacial score (nSPS) is 15.4. The molecule has 2 aromatic heterocycles. The van der Waals surface area contributed by atoms with Crippen LogP contribution in [-0.4, -0.2) is 45.4 Å². The third-order valence-electron chi connectivity index (χ3n) is 5.14. The van der Waals surface area contributed by atoms with E-state index in [1.807, 2.05) is 20.8 Å². The predicted octanol–water partition coefficient (Wildman–Crippen LogP) is 1.70. The first-order valence-corrected chi connectivity index (χ1v) is 9.41. The van der Waals surface area contributed by atoms with Gasteiger partial charge in [0.2, 0.25) is 0 Å². The molecule has 0 radical (unpaired) electrons. The standard InChI is InChI=1S/C20H26N4O4/c1-11(2)19-22-17(13(4)28-19)20(27)24-9-15(10-24)12(3)21-18(26)14-6-7-23(5)16(25)8-14/h6-8,11-12,15H,9-10H2,1-5H3,(H,21,26). The Labute approximate surface area is 163 Å². The minimum atomic E-state index is -0.288. The van der Waals surface area contributed by atoms with Crippen molar-refractivity contribution in [2.24, 2.45) is 13.0 Å². The Morgan fingerprint density at radius 3 is 2.54 bits per heavy atom. The van der Waals surface area contributed by atoms with E-state index in [9.17, 15) is 14.4 Å². The minimum absolute atomic E-state index is 0.120. The van der Waals surface area contributed by atoms with Gasteiger partial charge in [0.1, 0.15) is 5.76 Å². The fourth-order valence-electron chi connectivity index (χ4n) is 3.10. The number of hydrogen-bond donors (Lipinski definition) is 1. The third kappa shape index (κ3) is 3.85. The van der Waals surface area contributed by atoms with E-state index >= 15 is 0 Å². The van der Waals surface area contributed by atoms with Gasteiger partial charge in [0, 0.05) is 55.8 Å². The highest BCUT2D eigenvalue weighted by molar-refractivity contribution is 5.95. The summed E-state index contributed by atoms with van der Waals surface area (Å²) in [7, 11) is 1.63. The van der Waals surface area contributed by atoms with Gasteiger partial charge in [-0.25, -0.2) is 4.98 Å². The molecule has 1 aliphatic rings. The molecule has 3 rings (SSSR count). The van der Waals surface area contributed by atoms with Crippen LogP contribution in [0.3, 0.4) is 0 Å². The lowest BCUT2D eigenvalue weighted by molar-refractivity contribution is 0.0423. The van der Waals surface area contributed by atoms with Gasteiger partial charge in [-0.1, -0.05) is 13.8 Å². The monoisotopic (exact) mass is 386 g/mol. The molecule has 0 aromatic carbocycles. The molecule has 0 spiro atoms. The van der Waals surface area contributed by atoms with E-state index in [4.69, 9.17) is 4.42 Å². The Bertz CT molecular complexity index is 953. The van der Waals surface area contributed by atoms with Crippen molar-refractivity contribution >= 4 is 11.8 Å². The van der Waals surface area contributed by atoms with Crippen molar-refractivity contribution in [2.45, 2.75) is 39.7 Å². The molecule has 1 fully saturated rings. The zero-order valence-corrected chi connectivity index (χ0v) is 16.9. The number of likely N-dealkylation sites (tertiary alicyclic amines) is 1. The summed E-state index contributed by atoms with van der Waals surface area (Å²) in [5, 5.41) is 2.92. The van der Waals surface area contributed by atoms with Crippen molar-refractivity contribution in [3.63, 3.8) is 0 Å². The van der Waals surface area contributed by atoms with E-state index in [0.29, 0.717) is 36.0 Å². The number of nitrogens with zero attached hydrogens (tertiary/aromatic N) is 3.